The monoisotopic (exact) mass is 977 g/mol. The number of likely N-dealkylation sites (N-methyl/N-ethyl adjacent to an activating group) is 1. The molecule has 0 aliphatic rings. The van der Waals surface area contributed by atoms with Gasteiger partial charge in [0.1, 0.15) is 13.2 Å². The number of hydrogen-bond donors (Lipinski definition) is 2. The molecule has 0 aromatic heterocycles. The molecule has 0 fully saturated rings. The molecule has 0 aliphatic carbocycles. The van der Waals surface area contributed by atoms with E-state index in [2.05, 4.69) is 55.6 Å². The summed E-state index contributed by atoms with van der Waals surface area (Å²) in [5.41, 5.74) is 0. The van der Waals surface area contributed by atoms with Crippen molar-refractivity contribution in [2.75, 3.05) is 40.9 Å². The Balaban J connectivity index is 4.24. The Morgan fingerprint density at radius 3 is 1.31 bits per heavy atom. The molecule has 68 heavy (non-hydrogen) atoms. The van der Waals surface area contributed by atoms with Gasteiger partial charge in [0.05, 0.1) is 39.9 Å². The molecule has 0 saturated carbocycles. The van der Waals surface area contributed by atoms with Gasteiger partial charge in [0.15, 0.2) is 0 Å². The number of nitrogens with zero attached hydrogens (tertiary/aromatic N) is 1. The number of rotatable bonds is 53. The summed E-state index contributed by atoms with van der Waals surface area (Å²) in [5, 5.41) is 13.9. The van der Waals surface area contributed by atoms with Crippen molar-refractivity contribution >= 4 is 13.7 Å². The third-order valence-corrected chi connectivity index (χ3v) is 14.0. The van der Waals surface area contributed by atoms with Crippen molar-refractivity contribution in [3.05, 3.63) is 48.6 Å². The van der Waals surface area contributed by atoms with Gasteiger partial charge in [-0.05, 0) is 64.2 Å². The van der Waals surface area contributed by atoms with Crippen LogP contribution >= 0.6 is 7.82 Å². The SMILES string of the molecule is CCCCC/C=C\C/C=C\CCCCCCCCCCCC(=O)NC(COP(=O)([O-])OCC[N+](C)(C)C)C(O)/C=C/CC/C=C/CCCCCCCCCCCCCCCCCCCCCCC. The first-order valence-electron chi connectivity index (χ1n) is 29.0. The Morgan fingerprint density at radius 1 is 0.515 bits per heavy atom. The minimum absolute atomic E-state index is 0.00788. The van der Waals surface area contributed by atoms with Crippen molar-refractivity contribution < 1.29 is 32.9 Å². The van der Waals surface area contributed by atoms with Gasteiger partial charge in [-0.1, -0.05) is 249 Å². The molecule has 0 aromatic carbocycles. The fourth-order valence-corrected chi connectivity index (χ4v) is 9.16. The number of nitrogens with one attached hydrogen (secondary N) is 1. The summed E-state index contributed by atoms with van der Waals surface area (Å²) in [5.74, 6) is -0.210. The molecule has 0 heterocycles. The quantitative estimate of drug-likeness (QED) is 0.0272. The smallest absolute Gasteiger partial charge is 0.268 e. The maximum atomic E-state index is 12.9. The van der Waals surface area contributed by atoms with Crippen molar-refractivity contribution in [2.45, 2.75) is 283 Å². The molecule has 0 rings (SSSR count). The van der Waals surface area contributed by atoms with Gasteiger partial charge >= 0.3 is 0 Å². The summed E-state index contributed by atoms with van der Waals surface area (Å²) >= 11 is 0. The first-order valence-corrected chi connectivity index (χ1v) is 30.5. The lowest BCUT2D eigenvalue weighted by molar-refractivity contribution is -0.870. The standard InChI is InChI=1S/C59H113N2O6P/c1-6-8-10-12-14-16-18-20-22-24-26-27-28-29-30-31-32-33-35-36-38-40-42-44-46-48-50-52-58(62)57(56-67-68(64,65)66-55-54-61(3,4)5)60-59(63)53-51-49-47-45-43-41-39-37-34-25-23-21-19-17-15-13-11-9-7-2/h15,17,21,23,42,44,50,52,57-58,62H,6-14,16,18-20,22,24-41,43,45-49,51,53-56H2,1-5H3,(H-,60,63,64,65)/b17-15-,23-21-,44-42+,52-50+. The highest BCUT2D eigenvalue weighted by atomic mass is 31.2. The lowest BCUT2D eigenvalue weighted by Gasteiger charge is -2.29. The van der Waals surface area contributed by atoms with Crippen LogP contribution in [0.15, 0.2) is 48.6 Å². The molecule has 0 aliphatic heterocycles. The molecular formula is C59H113N2O6P. The Morgan fingerprint density at radius 2 is 0.868 bits per heavy atom. The van der Waals surface area contributed by atoms with Crippen LogP contribution in [-0.2, 0) is 18.4 Å². The highest BCUT2D eigenvalue weighted by Gasteiger charge is 2.23. The predicted molar refractivity (Wildman–Crippen MR) is 293 cm³/mol. The van der Waals surface area contributed by atoms with Crippen LogP contribution in [0.1, 0.15) is 271 Å². The summed E-state index contributed by atoms with van der Waals surface area (Å²) in [6.45, 7) is 4.63. The van der Waals surface area contributed by atoms with Crippen LogP contribution in [0.25, 0.3) is 0 Å². The average Bonchev–Trinajstić information content (AvgIpc) is 3.30. The Kier molecular flexibility index (Phi) is 49.3. The molecule has 9 heteroatoms. The topological polar surface area (TPSA) is 108 Å². The van der Waals surface area contributed by atoms with Crippen LogP contribution in [0.2, 0.25) is 0 Å². The van der Waals surface area contributed by atoms with Crippen LogP contribution in [0.3, 0.4) is 0 Å². The minimum Gasteiger partial charge on any atom is -0.756 e. The largest absolute Gasteiger partial charge is 0.756 e. The number of unbranched alkanes of at least 4 members (excludes halogenated alkanes) is 34. The number of quaternary nitrogens is 1. The lowest BCUT2D eigenvalue weighted by atomic mass is 10.0. The normalized spacial score (nSPS) is 14.3. The number of phosphoric ester groups is 1. The van der Waals surface area contributed by atoms with Gasteiger partial charge in [0.25, 0.3) is 7.82 Å². The molecule has 0 aromatic rings. The molecule has 8 nitrogen and oxygen atoms in total. The van der Waals surface area contributed by atoms with E-state index in [0.717, 1.165) is 44.9 Å². The van der Waals surface area contributed by atoms with E-state index in [4.69, 9.17) is 9.05 Å². The van der Waals surface area contributed by atoms with Crippen molar-refractivity contribution in [1.82, 2.24) is 5.32 Å². The molecule has 0 spiro atoms. The zero-order valence-electron chi connectivity index (χ0n) is 45.6. The predicted octanol–water partition coefficient (Wildman–Crippen LogP) is 16.9. The Labute approximate surface area is 422 Å². The van der Waals surface area contributed by atoms with E-state index in [0.29, 0.717) is 17.4 Å². The van der Waals surface area contributed by atoms with Crippen LogP contribution in [-0.4, -0.2) is 68.5 Å². The summed E-state index contributed by atoms with van der Waals surface area (Å²) in [7, 11) is 1.24. The summed E-state index contributed by atoms with van der Waals surface area (Å²) in [6, 6.07) is -0.907. The summed E-state index contributed by atoms with van der Waals surface area (Å²) in [6.07, 6.45) is 66.2. The molecule has 400 valence electrons. The highest BCUT2D eigenvalue weighted by molar-refractivity contribution is 7.45. The van der Waals surface area contributed by atoms with E-state index < -0.39 is 26.6 Å². The van der Waals surface area contributed by atoms with Crippen LogP contribution in [0.5, 0.6) is 0 Å². The zero-order chi connectivity index (χ0) is 49.9. The number of carbonyl (C=O) groups excluding carboxylic acids is 1. The molecular weight excluding hydrogens is 864 g/mol. The van der Waals surface area contributed by atoms with Gasteiger partial charge in [-0.15, -0.1) is 0 Å². The summed E-state index contributed by atoms with van der Waals surface area (Å²) in [4.78, 5) is 25.5. The van der Waals surface area contributed by atoms with Crippen molar-refractivity contribution in [3.63, 3.8) is 0 Å². The van der Waals surface area contributed by atoms with Crippen molar-refractivity contribution in [3.8, 4) is 0 Å². The third kappa shape index (κ3) is 52.3. The average molecular weight is 978 g/mol. The minimum atomic E-state index is -4.61. The van der Waals surface area contributed by atoms with Gasteiger partial charge < -0.3 is 28.8 Å². The first-order chi connectivity index (χ1) is 33.0. The van der Waals surface area contributed by atoms with Crippen molar-refractivity contribution in [2.24, 2.45) is 0 Å². The highest BCUT2D eigenvalue weighted by Crippen LogP contribution is 2.38. The van der Waals surface area contributed by atoms with Gasteiger partial charge in [-0.2, -0.15) is 0 Å². The maximum Gasteiger partial charge on any atom is 0.268 e. The van der Waals surface area contributed by atoms with E-state index in [9.17, 15) is 19.4 Å². The lowest BCUT2D eigenvalue weighted by Crippen LogP contribution is -2.45. The van der Waals surface area contributed by atoms with Crippen LogP contribution < -0.4 is 10.2 Å². The van der Waals surface area contributed by atoms with Crippen molar-refractivity contribution in [1.29, 1.82) is 0 Å². The Hall–Kier alpha value is -1.54. The number of hydrogen-bond acceptors (Lipinski definition) is 6. The Bertz CT molecular complexity index is 1250. The molecule has 0 radical (unpaired) electrons. The number of aliphatic hydroxyl groups is 1. The first kappa shape index (κ1) is 66.5. The number of phosphoric acid groups is 1. The van der Waals surface area contributed by atoms with Gasteiger partial charge in [0.2, 0.25) is 5.91 Å². The van der Waals surface area contributed by atoms with Gasteiger partial charge in [0, 0.05) is 6.42 Å². The second-order valence-corrected chi connectivity index (χ2v) is 22.4. The molecule has 3 unspecified atom stereocenters. The van der Waals surface area contributed by atoms with Gasteiger partial charge in [-0.25, -0.2) is 0 Å². The molecule has 3 atom stereocenters. The van der Waals surface area contributed by atoms with E-state index in [1.807, 2.05) is 27.2 Å². The van der Waals surface area contributed by atoms with E-state index >= 15 is 0 Å². The number of aliphatic hydroxyl groups excluding tert-OH is 1. The summed E-state index contributed by atoms with van der Waals surface area (Å²) < 4.78 is 23.3. The molecule has 2 N–H and O–H groups in total. The number of allylic oxidation sites excluding steroid dienone is 7. The second kappa shape index (κ2) is 50.4. The zero-order valence-corrected chi connectivity index (χ0v) is 46.5. The van der Waals surface area contributed by atoms with Crippen LogP contribution in [0.4, 0.5) is 0 Å². The van der Waals surface area contributed by atoms with E-state index in [-0.39, 0.29) is 12.5 Å². The molecule has 0 bridgehead atoms. The van der Waals surface area contributed by atoms with E-state index in [1.54, 1.807) is 6.08 Å². The number of amides is 1. The van der Waals surface area contributed by atoms with Crippen LogP contribution in [0, 0.1) is 0 Å². The van der Waals surface area contributed by atoms with Gasteiger partial charge in [-0.3, -0.25) is 9.36 Å². The fourth-order valence-electron chi connectivity index (χ4n) is 8.44. The fraction of sp³-hybridized carbons (Fsp3) is 0.847. The molecule has 0 saturated heterocycles. The number of carbonyl (C=O) groups is 1. The van der Waals surface area contributed by atoms with E-state index in [1.165, 1.54) is 205 Å². The third-order valence-electron chi connectivity index (χ3n) is 13.0. The second-order valence-electron chi connectivity index (χ2n) is 21.0. The maximum absolute atomic E-state index is 12.9. The molecule has 1 amide bonds.